The second-order valence-corrected chi connectivity index (χ2v) is 7.74. The zero-order valence-corrected chi connectivity index (χ0v) is 17.5. The summed E-state index contributed by atoms with van der Waals surface area (Å²) >= 11 is 3.47. The van der Waals surface area contributed by atoms with Gasteiger partial charge >= 0.3 is 0 Å². The highest BCUT2D eigenvalue weighted by atomic mass is 79.9. The van der Waals surface area contributed by atoms with Gasteiger partial charge < -0.3 is 14.7 Å². The summed E-state index contributed by atoms with van der Waals surface area (Å²) in [5.41, 5.74) is 3.26. The van der Waals surface area contributed by atoms with Gasteiger partial charge in [0.05, 0.1) is 19.7 Å². The van der Waals surface area contributed by atoms with Crippen molar-refractivity contribution in [3.8, 4) is 5.75 Å². The molecule has 146 valence electrons. The Morgan fingerprint density at radius 2 is 1.62 bits per heavy atom. The fourth-order valence-corrected chi connectivity index (χ4v) is 4.00. The van der Waals surface area contributed by atoms with Crippen LogP contribution in [0.2, 0.25) is 0 Å². The summed E-state index contributed by atoms with van der Waals surface area (Å²) in [6.45, 7) is 0.323. The first-order chi connectivity index (χ1) is 14.1. The zero-order valence-electron chi connectivity index (χ0n) is 15.9. The zero-order chi connectivity index (χ0) is 20.4. The Morgan fingerprint density at radius 1 is 0.966 bits per heavy atom. The number of carbonyl (C=O) groups is 1. The van der Waals surface area contributed by atoms with Crippen LogP contribution < -0.4 is 4.74 Å². The molecule has 0 saturated carbocycles. The molecule has 0 spiro atoms. The maximum absolute atomic E-state index is 13.1. The lowest BCUT2D eigenvalue weighted by Gasteiger charge is -2.28. The van der Waals surface area contributed by atoms with Gasteiger partial charge in [0.25, 0.3) is 5.91 Å². The number of methoxy groups -OCH3 is 1. The van der Waals surface area contributed by atoms with Gasteiger partial charge in [-0.25, -0.2) is 0 Å². The van der Waals surface area contributed by atoms with Crippen LogP contribution in [0.1, 0.15) is 22.7 Å². The number of rotatable bonds is 5. The van der Waals surface area contributed by atoms with E-state index in [0.29, 0.717) is 17.9 Å². The van der Waals surface area contributed by atoms with Crippen molar-refractivity contribution in [3.05, 3.63) is 106 Å². The van der Waals surface area contributed by atoms with Gasteiger partial charge in [0.15, 0.2) is 5.76 Å². The monoisotopic (exact) mass is 449 g/mol. The Kier molecular flexibility index (Phi) is 5.41. The molecule has 0 aromatic heterocycles. The largest absolute Gasteiger partial charge is 0.503 e. The summed E-state index contributed by atoms with van der Waals surface area (Å²) in [4.78, 5) is 14.8. The molecule has 1 unspecified atom stereocenters. The molecule has 0 fully saturated rings. The van der Waals surface area contributed by atoms with Crippen molar-refractivity contribution in [3.63, 3.8) is 0 Å². The van der Waals surface area contributed by atoms with E-state index in [9.17, 15) is 9.90 Å². The van der Waals surface area contributed by atoms with E-state index >= 15 is 0 Å². The van der Waals surface area contributed by atoms with E-state index in [-0.39, 0.29) is 11.7 Å². The van der Waals surface area contributed by atoms with Crippen LogP contribution in [0.5, 0.6) is 5.75 Å². The normalized spacial score (nSPS) is 16.4. The number of benzene rings is 3. The molecule has 0 bridgehead atoms. The Morgan fingerprint density at radius 3 is 2.31 bits per heavy atom. The van der Waals surface area contributed by atoms with Gasteiger partial charge in [-0.15, -0.1) is 0 Å². The molecule has 5 heteroatoms. The van der Waals surface area contributed by atoms with Gasteiger partial charge in [-0.05, 0) is 29.3 Å². The van der Waals surface area contributed by atoms with Crippen LogP contribution in [0.4, 0.5) is 0 Å². The van der Waals surface area contributed by atoms with E-state index in [2.05, 4.69) is 15.9 Å². The summed E-state index contributed by atoms with van der Waals surface area (Å²) in [7, 11) is 1.61. The second kappa shape index (κ2) is 8.13. The number of halogens is 1. The molecular formula is C24H20BrNO3. The number of ether oxygens (including phenoxy) is 1. The highest BCUT2D eigenvalue weighted by Crippen LogP contribution is 2.44. The van der Waals surface area contributed by atoms with E-state index in [4.69, 9.17) is 4.74 Å². The first-order valence-electron chi connectivity index (χ1n) is 9.27. The van der Waals surface area contributed by atoms with Crippen molar-refractivity contribution in [2.75, 3.05) is 7.11 Å². The summed E-state index contributed by atoms with van der Waals surface area (Å²) in [5, 5.41) is 10.8. The molecule has 1 atom stereocenters. The lowest BCUT2D eigenvalue weighted by molar-refractivity contribution is -0.130. The third-order valence-corrected chi connectivity index (χ3v) is 5.64. The molecule has 3 aromatic rings. The van der Waals surface area contributed by atoms with Gasteiger partial charge in [0.1, 0.15) is 5.75 Å². The summed E-state index contributed by atoms with van der Waals surface area (Å²) < 4.78 is 6.42. The van der Waals surface area contributed by atoms with Crippen molar-refractivity contribution in [2.45, 2.75) is 12.6 Å². The van der Waals surface area contributed by atoms with Gasteiger partial charge in [0.2, 0.25) is 0 Å². The molecule has 1 amide bonds. The van der Waals surface area contributed by atoms with Crippen molar-refractivity contribution in [1.29, 1.82) is 0 Å². The summed E-state index contributed by atoms with van der Waals surface area (Å²) in [6, 6.07) is 24.6. The number of amides is 1. The number of nitrogens with zero attached hydrogens (tertiary/aromatic N) is 1. The van der Waals surface area contributed by atoms with Crippen LogP contribution in [0, 0.1) is 0 Å². The number of hydrogen-bond donors (Lipinski definition) is 1. The van der Waals surface area contributed by atoms with Crippen molar-refractivity contribution in [1.82, 2.24) is 4.90 Å². The molecule has 1 heterocycles. The van der Waals surface area contributed by atoms with Gasteiger partial charge in [0, 0.05) is 15.6 Å². The highest BCUT2D eigenvalue weighted by molar-refractivity contribution is 9.10. The lowest BCUT2D eigenvalue weighted by Crippen LogP contribution is -2.30. The van der Waals surface area contributed by atoms with Crippen LogP contribution in [0.3, 0.4) is 0 Å². The minimum Gasteiger partial charge on any atom is -0.503 e. The maximum atomic E-state index is 13.1. The average Bonchev–Trinajstić information content (AvgIpc) is 3.00. The molecule has 29 heavy (non-hydrogen) atoms. The number of aliphatic hydroxyl groups excluding tert-OH is 1. The molecule has 0 radical (unpaired) electrons. The van der Waals surface area contributed by atoms with Crippen molar-refractivity contribution in [2.24, 2.45) is 0 Å². The lowest BCUT2D eigenvalue weighted by atomic mass is 9.93. The minimum atomic E-state index is -0.400. The average molecular weight is 450 g/mol. The first kappa shape index (κ1) is 19.3. The maximum Gasteiger partial charge on any atom is 0.290 e. The number of para-hydroxylation sites is 1. The molecule has 1 N–H and O–H groups in total. The van der Waals surface area contributed by atoms with E-state index < -0.39 is 6.04 Å². The fourth-order valence-electron chi connectivity index (χ4n) is 3.74. The fraction of sp³-hybridized carbons (Fsp3) is 0.125. The molecule has 1 aliphatic heterocycles. The Balaban J connectivity index is 1.82. The molecular weight excluding hydrogens is 430 g/mol. The van der Waals surface area contributed by atoms with Crippen LogP contribution in [-0.4, -0.2) is 23.0 Å². The standard InChI is InChI=1S/C24H20BrNO3/c1-29-20-10-6-5-9-18(20)15-26-22(17-11-13-19(25)14-12-17)21(23(27)24(26)28)16-7-3-2-4-8-16/h2-14,22,27H,15H2,1H3. The number of hydrogen-bond acceptors (Lipinski definition) is 3. The Bertz CT molecular complexity index is 1060. The highest BCUT2D eigenvalue weighted by Gasteiger charge is 2.41. The minimum absolute atomic E-state index is 0.209. The number of aliphatic hydroxyl groups is 1. The van der Waals surface area contributed by atoms with Crippen LogP contribution in [0.15, 0.2) is 89.1 Å². The molecule has 4 nitrogen and oxygen atoms in total. The third-order valence-electron chi connectivity index (χ3n) is 5.11. The van der Waals surface area contributed by atoms with Gasteiger partial charge in [-0.1, -0.05) is 76.6 Å². The molecule has 0 saturated heterocycles. The van der Waals surface area contributed by atoms with E-state index in [1.807, 2.05) is 78.9 Å². The SMILES string of the molecule is COc1ccccc1CN1C(=O)C(O)=C(c2ccccc2)C1c1ccc(Br)cc1. The van der Waals surface area contributed by atoms with Gasteiger partial charge in [-0.2, -0.15) is 0 Å². The third kappa shape index (κ3) is 3.66. The van der Waals surface area contributed by atoms with Gasteiger partial charge in [-0.3, -0.25) is 4.79 Å². The second-order valence-electron chi connectivity index (χ2n) is 6.83. The Labute approximate surface area is 178 Å². The van der Waals surface area contributed by atoms with Crippen LogP contribution >= 0.6 is 15.9 Å². The number of carbonyl (C=O) groups excluding carboxylic acids is 1. The quantitative estimate of drug-likeness (QED) is 0.558. The van der Waals surface area contributed by atoms with Crippen LogP contribution in [-0.2, 0) is 11.3 Å². The predicted octanol–water partition coefficient (Wildman–Crippen LogP) is 5.51. The predicted molar refractivity (Wildman–Crippen MR) is 116 cm³/mol. The molecule has 0 aliphatic carbocycles. The van der Waals surface area contributed by atoms with E-state index in [1.165, 1.54) is 0 Å². The van der Waals surface area contributed by atoms with E-state index in [0.717, 1.165) is 21.2 Å². The van der Waals surface area contributed by atoms with Crippen molar-refractivity contribution >= 4 is 27.4 Å². The smallest absolute Gasteiger partial charge is 0.290 e. The van der Waals surface area contributed by atoms with E-state index in [1.54, 1.807) is 12.0 Å². The first-order valence-corrected chi connectivity index (χ1v) is 10.1. The Hall–Kier alpha value is -3.05. The summed E-state index contributed by atoms with van der Waals surface area (Å²) in [6.07, 6.45) is 0. The molecule has 3 aromatic carbocycles. The summed E-state index contributed by atoms with van der Waals surface area (Å²) in [5.74, 6) is 0.115. The molecule has 4 rings (SSSR count). The van der Waals surface area contributed by atoms with Crippen molar-refractivity contribution < 1.29 is 14.6 Å². The van der Waals surface area contributed by atoms with Crippen LogP contribution in [0.25, 0.3) is 5.57 Å². The topological polar surface area (TPSA) is 49.8 Å². The molecule has 1 aliphatic rings.